The van der Waals surface area contributed by atoms with Gasteiger partial charge in [-0.05, 0) is 41.3 Å². The fourth-order valence-electron chi connectivity index (χ4n) is 2.11. The number of halogens is 1. The first-order valence-corrected chi connectivity index (χ1v) is 6.51. The number of carbonyl (C=O) groups is 2. The molecule has 0 aliphatic carbocycles. The van der Waals surface area contributed by atoms with Crippen molar-refractivity contribution in [1.82, 2.24) is 9.88 Å². The van der Waals surface area contributed by atoms with E-state index < -0.39 is 12.0 Å². The largest absolute Gasteiger partial charge is 1.00 e. The number of carboxylic acid groups (broad SMARTS) is 1. The standard InChI is InChI=1S/C12H13BrN2O3.Na/c13-9-5-8(6-14-7-9)11(16)15-4-2-1-3-10(15)12(17)18;/h5-7,10H,1-4H2,(H,17,18);/q;+1/p-1. The van der Waals surface area contributed by atoms with Crippen LogP contribution in [0.3, 0.4) is 0 Å². The summed E-state index contributed by atoms with van der Waals surface area (Å²) in [5.41, 5.74) is 0.387. The number of carboxylic acids is 1. The maximum absolute atomic E-state index is 12.2. The van der Waals surface area contributed by atoms with Crippen molar-refractivity contribution in [1.29, 1.82) is 0 Å². The van der Waals surface area contributed by atoms with Crippen LogP contribution in [0.2, 0.25) is 0 Å². The van der Waals surface area contributed by atoms with E-state index >= 15 is 0 Å². The summed E-state index contributed by atoms with van der Waals surface area (Å²) in [4.78, 5) is 28.6. The summed E-state index contributed by atoms with van der Waals surface area (Å²) in [7, 11) is 0. The van der Waals surface area contributed by atoms with E-state index in [9.17, 15) is 14.7 Å². The summed E-state index contributed by atoms with van der Waals surface area (Å²) in [5.74, 6) is -1.50. The Kier molecular flexibility index (Phi) is 6.46. The molecule has 1 fully saturated rings. The first-order chi connectivity index (χ1) is 8.59. The zero-order valence-corrected chi connectivity index (χ0v) is 14.2. The Morgan fingerprint density at radius 2 is 2.11 bits per heavy atom. The molecule has 0 N–H and O–H groups in total. The van der Waals surface area contributed by atoms with E-state index in [0.717, 1.165) is 12.8 Å². The van der Waals surface area contributed by atoms with Crippen LogP contribution >= 0.6 is 15.9 Å². The SMILES string of the molecule is O=C([O-])C1CCCCN1C(=O)c1cncc(Br)c1.[Na+]. The maximum atomic E-state index is 12.2. The minimum Gasteiger partial charge on any atom is -0.548 e. The summed E-state index contributed by atoms with van der Waals surface area (Å²) < 4.78 is 0.690. The second-order valence-corrected chi connectivity index (χ2v) is 5.14. The number of hydrogen-bond donors (Lipinski definition) is 0. The van der Waals surface area contributed by atoms with Crippen molar-refractivity contribution in [3.05, 3.63) is 28.5 Å². The number of amides is 1. The third kappa shape index (κ3) is 4.02. The third-order valence-electron chi connectivity index (χ3n) is 2.99. The topological polar surface area (TPSA) is 73.3 Å². The molecule has 0 spiro atoms. The molecule has 5 nitrogen and oxygen atoms in total. The molecule has 1 aliphatic heterocycles. The van der Waals surface area contributed by atoms with E-state index in [4.69, 9.17) is 0 Å². The van der Waals surface area contributed by atoms with Gasteiger partial charge in [0, 0.05) is 23.4 Å². The van der Waals surface area contributed by atoms with Gasteiger partial charge in [0.2, 0.25) is 0 Å². The molecule has 0 aromatic carbocycles. The smallest absolute Gasteiger partial charge is 0.548 e. The monoisotopic (exact) mass is 334 g/mol. The Bertz CT molecular complexity index is 484. The molecule has 0 saturated carbocycles. The van der Waals surface area contributed by atoms with Crippen LogP contribution in [0.15, 0.2) is 22.9 Å². The maximum Gasteiger partial charge on any atom is 1.00 e. The van der Waals surface area contributed by atoms with Crippen molar-refractivity contribution < 1.29 is 44.3 Å². The van der Waals surface area contributed by atoms with E-state index in [2.05, 4.69) is 20.9 Å². The van der Waals surface area contributed by atoms with Crippen LogP contribution in [0.1, 0.15) is 29.6 Å². The number of piperidine rings is 1. The van der Waals surface area contributed by atoms with Crippen LogP contribution in [0, 0.1) is 0 Å². The van der Waals surface area contributed by atoms with Crippen LogP contribution in [-0.4, -0.2) is 34.3 Å². The van der Waals surface area contributed by atoms with Gasteiger partial charge in [0.25, 0.3) is 5.91 Å². The fraction of sp³-hybridized carbons (Fsp3) is 0.417. The van der Waals surface area contributed by atoms with E-state index in [1.165, 1.54) is 11.1 Å². The average Bonchev–Trinajstić information content (AvgIpc) is 2.38. The number of rotatable bonds is 2. The Hall–Kier alpha value is -0.430. The van der Waals surface area contributed by atoms with Crippen LogP contribution < -0.4 is 34.7 Å². The van der Waals surface area contributed by atoms with Gasteiger partial charge in [-0.15, -0.1) is 0 Å². The first kappa shape index (κ1) is 16.6. The minimum atomic E-state index is -1.19. The fourth-order valence-corrected chi connectivity index (χ4v) is 2.48. The Morgan fingerprint density at radius 3 is 2.74 bits per heavy atom. The summed E-state index contributed by atoms with van der Waals surface area (Å²) >= 11 is 3.24. The Morgan fingerprint density at radius 1 is 1.37 bits per heavy atom. The molecule has 1 atom stereocenters. The zero-order chi connectivity index (χ0) is 13.1. The van der Waals surface area contributed by atoms with Crippen LogP contribution in [0.5, 0.6) is 0 Å². The zero-order valence-electron chi connectivity index (χ0n) is 10.6. The van der Waals surface area contributed by atoms with Gasteiger partial charge in [-0.2, -0.15) is 0 Å². The molecule has 1 amide bonds. The van der Waals surface area contributed by atoms with Gasteiger partial charge < -0.3 is 14.8 Å². The van der Waals surface area contributed by atoms with Gasteiger partial charge in [-0.3, -0.25) is 9.78 Å². The molecule has 19 heavy (non-hydrogen) atoms. The van der Waals surface area contributed by atoms with Gasteiger partial charge in [-0.25, -0.2) is 0 Å². The molecule has 1 aromatic heterocycles. The van der Waals surface area contributed by atoms with E-state index in [1.54, 1.807) is 12.3 Å². The molecule has 2 rings (SSSR count). The molecule has 0 radical (unpaired) electrons. The Balaban J connectivity index is 0.00000180. The van der Waals surface area contributed by atoms with Crippen molar-refractivity contribution in [2.45, 2.75) is 25.3 Å². The normalized spacial score (nSPS) is 18.6. The van der Waals surface area contributed by atoms with Gasteiger partial charge in [-0.1, -0.05) is 0 Å². The number of nitrogens with zero attached hydrogens (tertiary/aromatic N) is 2. The van der Waals surface area contributed by atoms with Crippen LogP contribution in [0.4, 0.5) is 0 Å². The van der Waals surface area contributed by atoms with Gasteiger partial charge in [0.05, 0.1) is 17.6 Å². The van der Waals surface area contributed by atoms with Crippen molar-refractivity contribution >= 4 is 27.8 Å². The molecular formula is C12H12BrN2NaO3. The number of likely N-dealkylation sites (tertiary alicyclic amines) is 1. The number of hydrogen-bond acceptors (Lipinski definition) is 4. The van der Waals surface area contributed by atoms with Gasteiger partial charge in [0.15, 0.2) is 0 Å². The molecule has 2 heterocycles. The molecular weight excluding hydrogens is 323 g/mol. The summed E-state index contributed by atoms with van der Waals surface area (Å²) in [6.07, 6.45) is 5.09. The van der Waals surface area contributed by atoms with E-state index in [1.807, 2.05) is 0 Å². The molecule has 0 bridgehead atoms. The van der Waals surface area contributed by atoms with E-state index in [0.29, 0.717) is 23.0 Å². The quantitative estimate of drug-likeness (QED) is 0.565. The number of carbonyl (C=O) groups excluding carboxylic acids is 2. The van der Waals surface area contributed by atoms with E-state index in [-0.39, 0.29) is 35.5 Å². The molecule has 7 heteroatoms. The number of pyridine rings is 1. The van der Waals surface area contributed by atoms with Crippen molar-refractivity contribution in [3.63, 3.8) is 0 Å². The van der Waals surface area contributed by atoms with Crippen LogP contribution in [0.25, 0.3) is 0 Å². The third-order valence-corrected chi connectivity index (χ3v) is 3.42. The number of aromatic nitrogens is 1. The molecule has 1 aromatic rings. The van der Waals surface area contributed by atoms with Crippen molar-refractivity contribution in [2.75, 3.05) is 6.54 Å². The minimum absolute atomic E-state index is 0. The second kappa shape index (κ2) is 7.38. The molecule has 1 unspecified atom stereocenters. The number of aliphatic carboxylic acids is 1. The van der Waals surface area contributed by atoms with Crippen molar-refractivity contribution in [3.8, 4) is 0 Å². The summed E-state index contributed by atoms with van der Waals surface area (Å²) in [6.45, 7) is 0.448. The molecule has 1 saturated heterocycles. The predicted octanol–water partition coefficient (Wildman–Crippen LogP) is -2.41. The average molecular weight is 335 g/mol. The van der Waals surface area contributed by atoms with Gasteiger partial charge in [0.1, 0.15) is 0 Å². The first-order valence-electron chi connectivity index (χ1n) is 5.72. The second-order valence-electron chi connectivity index (χ2n) is 4.22. The molecule has 96 valence electrons. The van der Waals surface area contributed by atoms with Crippen LogP contribution in [-0.2, 0) is 4.79 Å². The van der Waals surface area contributed by atoms with Crippen molar-refractivity contribution in [2.24, 2.45) is 0 Å². The summed E-state index contributed by atoms with van der Waals surface area (Å²) in [6, 6.07) is 0.807. The Labute approximate surface area is 141 Å². The summed E-state index contributed by atoms with van der Waals surface area (Å²) in [5, 5.41) is 11.0. The predicted molar refractivity (Wildman–Crippen MR) is 65.6 cm³/mol. The van der Waals surface area contributed by atoms with Gasteiger partial charge >= 0.3 is 29.6 Å². The molecule has 1 aliphatic rings.